The van der Waals surface area contributed by atoms with E-state index >= 15 is 0 Å². The third kappa shape index (κ3) is 3.93. The maximum absolute atomic E-state index is 14.0. The highest BCUT2D eigenvalue weighted by Crippen LogP contribution is 2.33. The number of carbonyl (C=O) groups excluding carboxylic acids is 1. The maximum atomic E-state index is 14.0. The van der Waals surface area contributed by atoms with Gasteiger partial charge in [-0.3, -0.25) is 14.5 Å². The number of carbonyl (C=O) groups is 1. The molecule has 1 saturated heterocycles. The molecular weight excluding hydrogens is 460 g/mol. The van der Waals surface area contributed by atoms with Crippen molar-refractivity contribution in [3.05, 3.63) is 61.5 Å². The van der Waals surface area contributed by atoms with Crippen LogP contribution in [0.2, 0.25) is 0 Å². The molecule has 1 fully saturated rings. The van der Waals surface area contributed by atoms with Gasteiger partial charge in [0.25, 0.3) is 11.5 Å². The van der Waals surface area contributed by atoms with Gasteiger partial charge in [0, 0.05) is 31.1 Å². The number of rotatable bonds is 3. The van der Waals surface area contributed by atoms with Gasteiger partial charge in [-0.1, -0.05) is 0 Å². The second-order valence-electron chi connectivity index (χ2n) is 8.32. The predicted octanol–water partition coefficient (Wildman–Crippen LogP) is 3.38. The van der Waals surface area contributed by atoms with Crippen LogP contribution >= 0.6 is 11.3 Å². The third-order valence-electron chi connectivity index (χ3n) is 6.24. The van der Waals surface area contributed by atoms with Gasteiger partial charge in [-0.05, 0) is 37.3 Å². The molecule has 0 bridgehead atoms. The van der Waals surface area contributed by atoms with E-state index in [9.17, 15) is 27.2 Å². The number of benzene rings is 1. The van der Waals surface area contributed by atoms with Crippen LogP contribution in [0.1, 0.15) is 39.5 Å². The highest BCUT2D eigenvalue weighted by atomic mass is 32.1. The van der Waals surface area contributed by atoms with Crippen LogP contribution in [0.25, 0.3) is 10.2 Å². The number of nitrogens with one attached hydrogen (secondary N) is 1. The van der Waals surface area contributed by atoms with Crippen LogP contribution in [-0.2, 0) is 19.4 Å². The van der Waals surface area contributed by atoms with Crippen molar-refractivity contribution in [2.45, 2.75) is 32.2 Å². The zero-order chi connectivity index (χ0) is 23.3. The molecule has 174 valence electrons. The van der Waals surface area contributed by atoms with E-state index in [1.807, 2.05) is 4.90 Å². The van der Waals surface area contributed by atoms with E-state index in [4.69, 9.17) is 0 Å². The number of aryl methyl sites for hydroxylation is 2. The summed E-state index contributed by atoms with van der Waals surface area (Å²) in [6.45, 7) is 1.51. The minimum atomic E-state index is -2.00. The van der Waals surface area contributed by atoms with E-state index < -0.39 is 34.7 Å². The molecule has 1 aliphatic carbocycles. The number of halogens is 4. The summed E-state index contributed by atoms with van der Waals surface area (Å²) in [7, 11) is 0. The number of hydrogen-bond acceptors (Lipinski definition) is 5. The van der Waals surface area contributed by atoms with Crippen molar-refractivity contribution in [2.75, 3.05) is 26.2 Å². The average Bonchev–Trinajstić information content (AvgIpc) is 3.19. The number of hydrogen-bond donors (Lipinski definition) is 1. The average molecular weight is 480 g/mol. The summed E-state index contributed by atoms with van der Waals surface area (Å²) in [6, 6.07) is 0.382. The number of aromatic nitrogens is 2. The fraction of sp³-hybridized carbons (Fsp3) is 0.409. The van der Waals surface area contributed by atoms with E-state index in [0.717, 1.165) is 36.1 Å². The van der Waals surface area contributed by atoms with Crippen molar-refractivity contribution in [2.24, 2.45) is 0 Å². The van der Waals surface area contributed by atoms with Crippen molar-refractivity contribution >= 4 is 27.5 Å². The van der Waals surface area contributed by atoms with E-state index in [2.05, 4.69) is 9.97 Å². The van der Waals surface area contributed by atoms with Gasteiger partial charge < -0.3 is 9.88 Å². The SMILES string of the molecule is O=C(c1cc(F)c(F)c(F)c1F)N1CCN(Cc2nc3sc4c(c3c(=O)[nH]2)CCCC4)CC1. The molecule has 0 radical (unpaired) electrons. The van der Waals surface area contributed by atoms with Crippen LogP contribution in [0.5, 0.6) is 0 Å². The summed E-state index contributed by atoms with van der Waals surface area (Å²) in [5.74, 6) is -7.63. The van der Waals surface area contributed by atoms with Crippen molar-refractivity contribution in [1.82, 2.24) is 19.8 Å². The monoisotopic (exact) mass is 480 g/mol. The first-order valence-electron chi connectivity index (χ1n) is 10.7. The van der Waals surface area contributed by atoms with Crippen LogP contribution in [-0.4, -0.2) is 51.9 Å². The molecule has 6 nitrogen and oxygen atoms in total. The lowest BCUT2D eigenvalue weighted by atomic mass is 9.97. The lowest BCUT2D eigenvalue weighted by Crippen LogP contribution is -2.48. The Morgan fingerprint density at radius 2 is 1.76 bits per heavy atom. The van der Waals surface area contributed by atoms with E-state index in [1.54, 1.807) is 11.3 Å². The van der Waals surface area contributed by atoms with Gasteiger partial charge in [-0.25, -0.2) is 22.5 Å². The Morgan fingerprint density at radius 3 is 2.52 bits per heavy atom. The highest BCUT2D eigenvalue weighted by molar-refractivity contribution is 7.18. The smallest absolute Gasteiger partial charge is 0.259 e. The van der Waals surface area contributed by atoms with Gasteiger partial charge in [0.05, 0.1) is 17.5 Å². The zero-order valence-corrected chi connectivity index (χ0v) is 18.3. The second-order valence-corrected chi connectivity index (χ2v) is 9.40. The first kappa shape index (κ1) is 22.0. The van der Waals surface area contributed by atoms with Crippen molar-refractivity contribution < 1.29 is 22.4 Å². The Balaban J connectivity index is 1.28. The van der Waals surface area contributed by atoms with Crippen molar-refractivity contribution in [1.29, 1.82) is 0 Å². The maximum Gasteiger partial charge on any atom is 0.259 e. The molecular formula is C22H20F4N4O2S. The van der Waals surface area contributed by atoms with E-state index in [1.165, 1.54) is 9.78 Å². The van der Waals surface area contributed by atoms with Crippen molar-refractivity contribution in [3.8, 4) is 0 Å². The summed E-state index contributed by atoms with van der Waals surface area (Å²) in [5.41, 5.74) is 0.145. The molecule has 1 aliphatic heterocycles. The molecule has 1 aromatic carbocycles. The Labute approximate surface area is 189 Å². The topological polar surface area (TPSA) is 69.3 Å². The number of nitrogens with zero attached hydrogens (tertiary/aromatic N) is 3. The highest BCUT2D eigenvalue weighted by Gasteiger charge is 2.29. The zero-order valence-electron chi connectivity index (χ0n) is 17.5. The fourth-order valence-corrected chi connectivity index (χ4v) is 5.78. The Morgan fingerprint density at radius 1 is 1.03 bits per heavy atom. The first-order valence-corrected chi connectivity index (χ1v) is 11.5. The Hall–Kier alpha value is -2.79. The quantitative estimate of drug-likeness (QED) is 0.355. The van der Waals surface area contributed by atoms with Crippen LogP contribution in [0.4, 0.5) is 17.6 Å². The van der Waals surface area contributed by atoms with Crippen LogP contribution in [0.15, 0.2) is 10.9 Å². The molecule has 2 aliphatic rings. The second kappa shape index (κ2) is 8.53. The molecule has 0 spiro atoms. The number of thiophene rings is 1. The number of fused-ring (bicyclic) bond motifs is 3. The van der Waals surface area contributed by atoms with Crippen LogP contribution in [0, 0.1) is 23.3 Å². The molecule has 33 heavy (non-hydrogen) atoms. The molecule has 11 heteroatoms. The number of piperazine rings is 1. The normalized spacial score (nSPS) is 16.9. The molecule has 0 atom stereocenters. The summed E-state index contributed by atoms with van der Waals surface area (Å²) in [5, 5.41) is 0.689. The van der Waals surface area contributed by atoms with Crippen molar-refractivity contribution in [3.63, 3.8) is 0 Å². The summed E-state index contributed by atoms with van der Waals surface area (Å²) < 4.78 is 54.1. The summed E-state index contributed by atoms with van der Waals surface area (Å²) >= 11 is 1.57. The minimum absolute atomic E-state index is 0.140. The first-order chi connectivity index (χ1) is 15.8. The summed E-state index contributed by atoms with van der Waals surface area (Å²) in [4.78, 5) is 38.0. The fourth-order valence-electron chi connectivity index (χ4n) is 4.50. The van der Waals surface area contributed by atoms with Gasteiger partial charge in [0.2, 0.25) is 0 Å². The van der Waals surface area contributed by atoms with Gasteiger partial charge >= 0.3 is 0 Å². The molecule has 1 N–H and O–H groups in total. The standard InChI is InChI=1S/C22H20F4N4O2S/c23-13-9-12(17(24)19(26)18(13)25)22(32)30-7-5-29(6-8-30)10-15-27-20(31)16-11-3-1-2-4-14(11)33-21(16)28-15/h9H,1-8,10H2,(H,27,28,31). The Bertz CT molecular complexity index is 1310. The molecule has 3 aromatic rings. The predicted molar refractivity (Wildman–Crippen MR) is 114 cm³/mol. The lowest BCUT2D eigenvalue weighted by Gasteiger charge is -2.34. The van der Waals surface area contributed by atoms with Gasteiger partial charge in [-0.15, -0.1) is 11.3 Å². The summed E-state index contributed by atoms with van der Waals surface area (Å²) in [6.07, 6.45) is 4.07. The third-order valence-corrected chi connectivity index (χ3v) is 7.43. The Kier molecular flexibility index (Phi) is 5.69. The minimum Gasteiger partial charge on any atom is -0.336 e. The number of aromatic amines is 1. The number of H-pyrrole nitrogens is 1. The molecule has 0 saturated carbocycles. The molecule has 2 aromatic heterocycles. The van der Waals surface area contributed by atoms with Gasteiger partial charge in [0.1, 0.15) is 10.7 Å². The van der Waals surface area contributed by atoms with Crippen LogP contribution in [0.3, 0.4) is 0 Å². The molecule has 3 heterocycles. The molecule has 0 unspecified atom stereocenters. The number of amides is 1. The van der Waals surface area contributed by atoms with E-state index in [-0.39, 0.29) is 18.6 Å². The largest absolute Gasteiger partial charge is 0.336 e. The van der Waals surface area contributed by atoms with E-state index in [0.29, 0.717) is 36.9 Å². The molecule has 5 rings (SSSR count). The lowest BCUT2D eigenvalue weighted by molar-refractivity contribution is 0.0619. The van der Waals surface area contributed by atoms with Crippen LogP contribution < -0.4 is 5.56 Å². The van der Waals surface area contributed by atoms with Gasteiger partial charge in [0.15, 0.2) is 23.3 Å². The molecule has 1 amide bonds. The van der Waals surface area contributed by atoms with Gasteiger partial charge in [-0.2, -0.15) is 0 Å².